The van der Waals surface area contributed by atoms with Gasteiger partial charge in [-0.15, -0.1) is 0 Å². The third-order valence-electron chi connectivity index (χ3n) is 2.79. The maximum Gasteiger partial charge on any atom is 0.356 e. The molecule has 0 spiro atoms. The highest BCUT2D eigenvalue weighted by Gasteiger charge is 2.29. The molecule has 2 aromatic rings. The number of hydrogen-bond acceptors (Lipinski definition) is 4. The predicted octanol–water partition coefficient (Wildman–Crippen LogP) is 2.57. The zero-order valence-electron chi connectivity index (χ0n) is 10.4. The first-order valence-electron chi connectivity index (χ1n) is 6.08. The largest absolute Gasteiger partial charge is 0.485 e. The molecule has 0 saturated carbocycles. The van der Waals surface area contributed by atoms with E-state index in [1.165, 1.54) is 18.2 Å². The molecule has 0 fully saturated rings. The van der Waals surface area contributed by atoms with Crippen LogP contribution in [0.2, 0.25) is 0 Å². The molecule has 1 aliphatic rings. The Hall–Kier alpha value is -2.56. The fourth-order valence-corrected chi connectivity index (χ4v) is 1.85. The van der Waals surface area contributed by atoms with Gasteiger partial charge in [-0.1, -0.05) is 18.2 Å². The molecule has 0 radical (unpaired) electrons. The van der Waals surface area contributed by atoms with Gasteiger partial charge in [-0.25, -0.2) is 9.18 Å². The van der Waals surface area contributed by atoms with Crippen molar-refractivity contribution in [1.29, 1.82) is 0 Å². The molecule has 3 rings (SSSR count). The number of carbonyl (C=O) groups is 1. The van der Waals surface area contributed by atoms with E-state index in [9.17, 15) is 9.18 Å². The maximum atomic E-state index is 13.0. The summed E-state index contributed by atoms with van der Waals surface area (Å²) in [7, 11) is 0. The molecule has 0 saturated heterocycles. The van der Waals surface area contributed by atoms with Crippen LogP contribution in [0.15, 0.2) is 48.5 Å². The smallest absolute Gasteiger partial charge is 0.356 e. The standard InChI is InChI=1S/C15H11FO4/c16-10-4-3-5-11(8-10)19-15(17)14-9-18-12-6-1-2-7-13(12)20-14/h1-8,14H,9H2/t14-/m1/s1. The molecule has 0 unspecified atom stereocenters. The molecule has 0 bridgehead atoms. The van der Waals surface area contributed by atoms with E-state index >= 15 is 0 Å². The van der Waals surface area contributed by atoms with E-state index in [4.69, 9.17) is 14.2 Å². The molecule has 4 nitrogen and oxygen atoms in total. The van der Waals surface area contributed by atoms with Gasteiger partial charge in [0.1, 0.15) is 18.2 Å². The topological polar surface area (TPSA) is 44.8 Å². The molecule has 5 heteroatoms. The molecular formula is C15H11FO4. The molecule has 0 aromatic heterocycles. The van der Waals surface area contributed by atoms with Crippen molar-refractivity contribution in [2.24, 2.45) is 0 Å². The van der Waals surface area contributed by atoms with Crippen LogP contribution in [0.4, 0.5) is 4.39 Å². The van der Waals surface area contributed by atoms with Crippen molar-refractivity contribution in [3.63, 3.8) is 0 Å². The number of ether oxygens (including phenoxy) is 3. The van der Waals surface area contributed by atoms with Gasteiger partial charge in [-0.05, 0) is 24.3 Å². The second-order valence-corrected chi connectivity index (χ2v) is 4.24. The van der Waals surface area contributed by atoms with Crippen molar-refractivity contribution in [1.82, 2.24) is 0 Å². The fourth-order valence-electron chi connectivity index (χ4n) is 1.85. The molecule has 0 amide bonds. The Morgan fingerprint density at radius 1 is 1.15 bits per heavy atom. The minimum atomic E-state index is -0.867. The number of esters is 1. The fraction of sp³-hybridized carbons (Fsp3) is 0.133. The van der Waals surface area contributed by atoms with Crippen LogP contribution in [0, 0.1) is 5.82 Å². The molecule has 1 aliphatic heterocycles. The molecule has 1 atom stereocenters. The van der Waals surface area contributed by atoms with E-state index in [1.807, 2.05) is 6.07 Å². The van der Waals surface area contributed by atoms with Crippen molar-refractivity contribution < 1.29 is 23.4 Å². The summed E-state index contributed by atoms with van der Waals surface area (Å²) < 4.78 is 29.0. The number of fused-ring (bicyclic) bond motifs is 1. The zero-order chi connectivity index (χ0) is 13.9. The second-order valence-electron chi connectivity index (χ2n) is 4.24. The monoisotopic (exact) mass is 274 g/mol. The van der Waals surface area contributed by atoms with Gasteiger partial charge in [0.2, 0.25) is 6.10 Å². The molecule has 2 aromatic carbocycles. The van der Waals surface area contributed by atoms with Crippen LogP contribution in [-0.2, 0) is 4.79 Å². The lowest BCUT2D eigenvalue weighted by Crippen LogP contribution is -2.39. The highest BCUT2D eigenvalue weighted by molar-refractivity contribution is 5.78. The first-order chi connectivity index (χ1) is 9.72. The summed E-state index contributed by atoms with van der Waals surface area (Å²) in [6, 6.07) is 12.4. The van der Waals surface area contributed by atoms with Crippen molar-refractivity contribution in [3.05, 3.63) is 54.3 Å². The summed E-state index contributed by atoms with van der Waals surface area (Å²) in [5.41, 5.74) is 0. The Balaban J connectivity index is 1.70. The number of para-hydroxylation sites is 2. The third kappa shape index (κ3) is 2.56. The van der Waals surface area contributed by atoms with Crippen LogP contribution >= 0.6 is 0 Å². The lowest BCUT2D eigenvalue weighted by atomic mass is 10.2. The van der Waals surface area contributed by atoms with Crippen molar-refractivity contribution in [2.45, 2.75) is 6.10 Å². The van der Waals surface area contributed by atoms with Gasteiger partial charge in [0.25, 0.3) is 0 Å². The Labute approximate surface area is 114 Å². The van der Waals surface area contributed by atoms with E-state index in [0.29, 0.717) is 11.5 Å². The summed E-state index contributed by atoms with van der Waals surface area (Å²) in [4.78, 5) is 11.9. The van der Waals surface area contributed by atoms with Crippen molar-refractivity contribution in [2.75, 3.05) is 6.61 Å². The lowest BCUT2D eigenvalue weighted by Gasteiger charge is -2.24. The molecule has 1 heterocycles. The summed E-state index contributed by atoms with van der Waals surface area (Å²) in [6.07, 6.45) is -0.867. The first kappa shape index (κ1) is 12.5. The lowest BCUT2D eigenvalue weighted by molar-refractivity contribution is -0.144. The number of hydrogen-bond donors (Lipinski definition) is 0. The third-order valence-corrected chi connectivity index (χ3v) is 2.79. The van der Waals surface area contributed by atoms with E-state index in [0.717, 1.165) is 6.07 Å². The Kier molecular flexibility index (Phi) is 3.25. The summed E-state index contributed by atoms with van der Waals surface area (Å²) >= 11 is 0. The zero-order valence-corrected chi connectivity index (χ0v) is 10.4. The van der Waals surface area contributed by atoms with Crippen LogP contribution < -0.4 is 14.2 Å². The minimum Gasteiger partial charge on any atom is -0.485 e. The van der Waals surface area contributed by atoms with Gasteiger partial charge in [0, 0.05) is 6.07 Å². The average Bonchev–Trinajstić information content (AvgIpc) is 2.47. The Morgan fingerprint density at radius 2 is 1.95 bits per heavy atom. The maximum absolute atomic E-state index is 13.0. The SMILES string of the molecule is O=C(Oc1cccc(F)c1)[C@H]1COc2ccccc2O1. The van der Waals surface area contributed by atoms with Gasteiger partial charge in [0.05, 0.1) is 0 Å². The second kappa shape index (κ2) is 5.21. The van der Waals surface area contributed by atoms with Gasteiger partial charge in [-0.2, -0.15) is 0 Å². The van der Waals surface area contributed by atoms with Gasteiger partial charge in [-0.3, -0.25) is 0 Å². The predicted molar refractivity (Wildman–Crippen MR) is 68.4 cm³/mol. The van der Waals surface area contributed by atoms with E-state index in [2.05, 4.69) is 0 Å². The summed E-state index contributed by atoms with van der Waals surface area (Å²) in [5.74, 6) is 0.117. The van der Waals surface area contributed by atoms with Crippen molar-refractivity contribution >= 4 is 5.97 Å². The van der Waals surface area contributed by atoms with Gasteiger partial charge < -0.3 is 14.2 Å². The summed E-state index contributed by atoms with van der Waals surface area (Å²) in [5, 5.41) is 0. The van der Waals surface area contributed by atoms with E-state index in [1.54, 1.807) is 18.2 Å². The highest BCUT2D eigenvalue weighted by Crippen LogP contribution is 2.31. The molecule has 0 aliphatic carbocycles. The average molecular weight is 274 g/mol. The van der Waals surface area contributed by atoms with Gasteiger partial charge in [0.15, 0.2) is 11.5 Å². The molecule has 20 heavy (non-hydrogen) atoms. The van der Waals surface area contributed by atoms with Gasteiger partial charge >= 0.3 is 5.97 Å². The van der Waals surface area contributed by atoms with Crippen LogP contribution in [0.1, 0.15) is 0 Å². The summed E-state index contributed by atoms with van der Waals surface area (Å²) in [6.45, 7) is 0.0607. The normalized spacial score (nSPS) is 16.6. The van der Waals surface area contributed by atoms with E-state index < -0.39 is 17.9 Å². The quantitative estimate of drug-likeness (QED) is 0.623. The molecule has 102 valence electrons. The Morgan fingerprint density at radius 3 is 2.75 bits per heavy atom. The van der Waals surface area contributed by atoms with Crippen molar-refractivity contribution in [3.8, 4) is 17.2 Å². The van der Waals surface area contributed by atoms with Crippen LogP contribution in [0.5, 0.6) is 17.2 Å². The van der Waals surface area contributed by atoms with Crippen LogP contribution in [0.3, 0.4) is 0 Å². The van der Waals surface area contributed by atoms with Crippen LogP contribution in [-0.4, -0.2) is 18.7 Å². The number of rotatable bonds is 2. The number of benzene rings is 2. The minimum absolute atomic E-state index is 0.0607. The Bertz CT molecular complexity index is 641. The highest BCUT2D eigenvalue weighted by atomic mass is 19.1. The van der Waals surface area contributed by atoms with Crippen LogP contribution in [0.25, 0.3) is 0 Å². The van der Waals surface area contributed by atoms with E-state index in [-0.39, 0.29) is 12.4 Å². The molecule has 0 N–H and O–H groups in total. The first-order valence-corrected chi connectivity index (χ1v) is 6.08. The molecular weight excluding hydrogens is 263 g/mol. The number of carbonyl (C=O) groups excluding carboxylic acids is 1. The number of halogens is 1.